The van der Waals surface area contributed by atoms with Crippen molar-refractivity contribution in [2.75, 3.05) is 25.1 Å². The molecule has 2 heterocycles. The number of ether oxygens (including phenoxy) is 1. The SMILES string of the molecule is Cl.O=C(Nc1ncccc1O)C1COCCN1. The molecule has 0 aromatic carbocycles. The molecule has 1 unspecified atom stereocenters. The monoisotopic (exact) mass is 259 g/mol. The lowest BCUT2D eigenvalue weighted by Gasteiger charge is -2.22. The van der Waals surface area contributed by atoms with Crippen LogP contribution in [-0.2, 0) is 9.53 Å². The van der Waals surface area contributed by atoms with Crippen LogP contribution in [0.4, 0.5) is 5.82 Å². The quantitative estimate of drug-likeness (QED) is 0.704. The highest BCUT2D eigenvalue weighted by Gasteiger charge is 2.22. The van der Waals surface area contributed by atoms with Gasteiger partial charge in [-0.2, -0.15) is 0 Å². The number of amides is 1. The molecule has 2 rings (SSSR count). The number of morpholine rings is 1. The van der Waals surface area contributed by atoms with Crippen molar-refractivity contribution >= 4 is 24.1 Å². The van der Waals surface area contributed by atoms with Gasteiger partial charge in [0.15, 0.2) is 11.6 Å². The van der Waals surface area contributed by atoms with Crippen molar-refractivity contribution in [2.45, 2.75) is 6.04 Å². The molecule has 0 radical (unpaired) electrons. The molecular weight excluding hydrogens is 246 g/mol. The van der Waals surface area contributed by atoms with Crippen molar-refractivity contribution in [1.82, 2.24) is 10.3 Å². The van der Waals surface area contributed by atoms with E-state index >= 15 is 0 Å². The Hall–Kier alpha value is -1.37. The molecule has 0 bridgehead atoms. The Labute approximate surface area is 105 Å². The summed E-state index contributed by atoms with van der Waals surface area (Å²) in [5.41, 5.74) is 0. The van der Waals surface area contributed by atoms with Crippen LogP contribution >= 0.6 is 12.4 Å². The highest BCUT2D eigenvalue weighted by atomic mass is 35.5. The average Bonchev–Trinajstić information content (AvgIpc) is 2.33. The standard InChI is InChI=1S/C10H13N3O3.ClH/c14-8-2-1-3-12-9(8)13-10(15)7-6-16-5-4-11-7;/h1-3,7,11,14H,4-6H2,(H,12,13,15);1H. The van der Waals surface area contributed by atoms with Gasteiger partial charge in [-0.15, -0.1) is 12.4 Å². The van der Waals surface area contributed by atoms with Gasteiger partial charge in [0, 0.05) is 12.7 Å². The van der Waals surface area contributed by atoms with E-state index in [2.05, 4.69) is 15.6 Å². The fraction of sp³-hybridized carbons (Fsp3) is 0.400. The molecule has 7 heteroatoms. The number of aromatic nitrogens is 1. The number of halogens is 1. The van der Waals surface area contributed by atoms with Crippen LogP contribution < -0.4 is 10.6 Å². The zero-order valence-corrected chi connectivity index (χ0v) is 9.87. The summed E-state index contributed by atoms with van der Waals surface area (Å²) in [5.74, 6) is -0.138. The summed E-state index contributed by atoms with van der Waals surface area (Å²) in [4.78, 5) is 15.6. The van der Waals surface area contributed by atoms with Gasteiger partial charge in [0.05, 0.1) is 13.2 Å². The number of hydrogen-bond acceptors (Lipinski definition) is 5. The molecular formula is C10H14ClN3O3. The molecule has 6 nitrogen and oxygen atoms in total. The Morgan fingerprint density at radius 3 is 3.12 bits per heavy atom. The Balaban J connectivity index is 0.00000144. The van der Waals surface area contributed by atoms with Crippen LogP contribution in [0.15, 0.2) is 18.3 Å². The zero-order valence-electron chi connectivity index (χ0n) is 9.05. The van der Waals surface area contributed by atoms with Gasteiger partial charge in [-0.3, -0.25) is 4.79 Å². The van der Waals surface area contributed by atoms with Gasteiger partial charge in [0.2, 0.25) is 5.91 Å². The molecule has 3 N–H and O–H groups in total. The van der Waals surface area contributed by atoms with Crippen molar-refractivity contribution in [1.29, 1.82) is 0 Å². The van der Waals surface area contributed by atoms with Crippen LogP contribution in [0.2, 0.25) is 0 Å². The van der Waals surface area contributed by atoms with Gasteiger partial charge in [-0.1, -0.05) is 0 Å². The van der Waals surface area contributed by atoms with Crippen LogP contribution in [-0.4, -0.2) is 41.8 Å². The second kappa shape index (κ2) is 6.39. The predicted octanol–water partition coefficient (Wildman–Crippen LogP) is 0.136. The van der Waals surface area contributed by atoms with Crippen molar-refractivity contribution in [3.05, 3.63) is 18.3 Å². The summed E-state index contributed by atoms with van der Waals surface area (Å²) in [6.45, 7) is 1.59. The molecule has 0 spiro atoms. The third-order valence-corrected chi connectivity index (χ3v) is 2.27. The van der Waals surface area contributed by atoms with Gasteiger partial charge in [0.25, 0.3) is 0 Å². The Morgan fingerprint density at radius 1 is 1.65 bits per heavy atom. The fourth-order valence-electron chi connectivity index (χ4n) is 1.43. The van der Waals surface area contributed by atoms with E-state index in [9.17, 15) is 9.90 Å². The topological polar surface area (TPSA) is 83.5 Å². The van der Waals surface area contributed by atoms with Gasteiger partial charge in [0.1, 0.15) is 6.04 Å². The Kier molecular flexibility index (Phi) is 5.14. The molecule has 1 amide bonds. The molecule has 1 aromatic heterocycles. The third-order valence-electron chi connectivity index (χ3n) is 2.27. The number of rotatable bonds is 2. The first kappa shape index (κ1) is 13.7. The highest BCUT2D eigenvalue weighted by Crippen LogP contribution is 2.18. The minimum Gasteiger partial charge on any atom is -0.504 e. The number of pyridine rings is 1. The lowest BCUT2D eigenvalue weighted by molar-refractivity contribution is -0.120. The van der Waals surface area contributed by atoms with E-state index in [0.717, 1.165) is 0 Å². The molecule has 0 saturated carbocycles. The number of nitrogens with one attached hydrogen (secondary N) is 2. The van der Waals surface area contributed by atoms with Crippen molar-refractivity contribution in [3.63, 3.8) is 0 Å². The average molecular weight is 260 g/mol. The molecule has 17 heavy (non-hydrogen) atoms. The zero-order chi connectivity index (χ0) is 11.4. The van der Waals surface area contributed by atoms with Gasteiger partial charge in [-0.25, -0.2) is 4.98 Å². The van der Waals surface area contributed by atoms with E-state index in [1.54, 1.807) is 6.07 Å². The molecule has 1 fully saturated rings. The summed E-state index contributed by atoms with van der Waals surface area (Å²) < 4.78 is 5.16. The second-order valence-electron chi connectivity index (χ2n) is 3.44. The van der Waals surface area contributed by atoms with Crippen molar-refractivity contribution in [3.8, 4) is 5.75 Å². The number of hydrogen-bond donors (Lipinski definition) is 3. The van der Waals surface area contributed by atoms with E-state index in [0.29, 0.717) is 19.8 Å². The summed E-state index contributed by atoms with van der Waals surface area (Å²) in [6.07, 6.45) is 1.50. The van der Waals surface area contributed by atoms with Crippen LogP contribution in [0.25, 0.3) is 0 Å². The first-order valence-electron chi connectivity index (χ1n) is 5.03. The van der Waals surface area contributed by atoms with Crippen molar-refractivity contribution < 1.29 is 14.6 Å². The van der Waals surface area contributed by atoms with Crippen LogP contribution in [0.1, 0.15) is 0 Å². The second-order valence-corrected chi connectivity index (χ2v) is 3.44. The molecule has 1 aliphatic heterocycles. The lowest BCUT2D eigenvalue weighted by atomic mass is 10.2. The summed E-state index contributed by atoms with van der Waals surface area (Å²) >= 11 is 0. The number of anilines is 1. The van der Waals surface area contributed by atoms with Gasteiger partial charge < -0.3 is 20.5 Å². The Morgan fingerprint density at radius 2 is 2.47 bits per heavy atom. The lowest BCUT2D eigenvalue weighted by Crippen LogP contribution is -2.48. The fourth-order valence-corrected chi connectivity index (χ4v) is 1.43. The number of aromatic hydroxyl groups is 1. The maximum atomic E-state index is 11.7. The molecule has 1 atom stereocenters. The van der Waals surface area contributed by atoms with E-state index in [1.807, 2.05) is 0 Å². The van der Waals surface area contributed by atoms with Gasteiger partial charge >= 0.3 is 0 Å². The maximum Gasteiger partial charge on any atom is 0.245 e. The van der Waals surface area contributed by atoms with Crippen molar-refractivity contribution in [2.24, 2.45) is 0 Å². The number of nitrogens with zero attached hydrogens (tertiary/aromatic N) is 1. The molecule has 0 aliphatic carbocycles. The number of carbonyl (C=O) groups is 1. The summed E-state index contributed by atoms with van der Waals surface area (Å²) in [5, 5.41) is 15.0. The first-order chi connectivity index (χ1) is 7.77. The summed E-state index contributed by atoms with van der Waals surface area (Å²) in [6, 6.07) is 2.66. The van der Waals surface area contributed by atoms with Crippen LogP contribution in [0.3, 0.4) is 0 Å². The molecule has 1 aromatic rings. The van der Waals surface area contributed by atoms with E-state index in [-0.39, 0.29) is 29.9 Å². The third kappa shape index (κ3) is 3.55. The summed E-state index contributed by atoms with van der Waals surface area (Å²) in [7, 11) is 0. The molecule has 94 valence electrons. The van der Waals surface area contributed by atoms with E-state index < -0.39 is 6.04 Å². The van der Waals surface area contributed by atoms with Crippen LogP contribution in [0, 0.1) is 0 Å². The molecule has 1 saturated heterocycles. The minimum absolute atomic E-state index is 0. The molecule has 1 aliphatic rings. The van der Waals surface area contributed by atoms with Gasteiger partial charge in [-0.05, 0) is 12.1 Å². The van der Waals surface area contributed by atoms with E-state index in [1.165, 1.54) is 12.3 Å². The first-order valence-corrected chi connectivity index (χ1v) is 5.03. The normalized spacial score (nSPS) is 19.2. The van der Waals surface area contributed by atoms with E-state index in [4.69, 9.17) is 4.74 Å². The Bertz CT molecular complexity index is 383. The minimum atomic E-state index is -0.393. The largest absolute Gasteiger partial charge is 0.504 e. The number of carbonyl (C=O) groups excluding carboxylic acids is 1. The maximum absolute atomic E-state index is 11.7. The highest BCUT2D eigenvalue weighted by molar-refractivity contribution is 5.95. The van der Waals surface area contributed by atoms with Crippen LogP contribution in [0.5, 0.6) is 5.75 Å². The predicted molar refractivity (Wildman–Crippen MR) is 64.4 cm³/mol. The smallest absolute Gasteiger partial charge is 0.245 e.